The Morgan fingerprint density at radius 2 is 1.25 bits per heavy atom. The van der Waals surface area contributed by atoms with Crippen LogP contribution in [0.4, 0.5) is 0 Å². The molecule has 2 saturated carbocycles. The van der Waals surface area contributed by atoms with Gasteiger partial charge in [0.05, 0.1) is 0 Å². The van der Waals surface area contributed by atoms with Gasteiger partial charge < -0.3 is 0 Å². The largest absolute Gasteiger partial charge is 0.325 e. The summed E-state index contributed by atoms with van der Waals surface area (Å²) in [6.07, 6.45) is 15.3. The Hall–Kier alpha value is 0.100. The van der Waals surface area contributed by atoms with Crippen molar-refractivity contribution in [3.8, 4) is 0 Å². The van der Waals surface area contributed by atoms with Gasteiger partial charge >= 0.3 is 8.46 Å². The predicted octanol–water partition coefficient (Wildman–Crippen LogP) is 4.79. The highest BCUT2D eigenvalue weighted by atomic mass is 31.1. The van der Waals surface area contributed by atoms with Gasteiger partial charge in [0.1, 0.15) is 6.16 Å². The molecule has 2 rings (SSSR count). The van der Waals surface area contributed by atoms with Gasteiger partial charge in [-0.25, -0.2) is 0 Å². The Morgan fingerprint density at radius 1 is 0.812 bits per heavy atom. The molecule has 1 unspecified atom stereocenters. The van der Waals surface area contributed by atoms with Crippen molar-refractivity contribution in [1.82, 2.24) is 0 Å². The van der Waals surface area contributed by atoms with Crippen LogP contribution in [0.15, 0.2) is 0 Å². The molecule has 2 aliphatic carbocycles. The third kappa shape index (κ3) is 3.29. The molecule has 0 saturated heterocycles. The molecule has 0 aromatic rings. The minimum Gasteiger partial charge on any atom is -0.0775 e. The van der Waals surface area contributed by atoms with Gasteiger partial charge in [-0.05, 0) is 11.8 Å². The molecule has 2 heteroatoms. The Bertz CT molecular complexity index is 187. The zero-order valence-electron chi connectivity index (χ0n) is 10.4. The molecule has 0 amide bonds. The van der Waals surface area contributed by atoms with Crippen LogP contribution in [0.2, 0.25) is 0 Å². The van der Waals surface area contributed by atoms with Crippen LogP contribution in [0.1, 0.15) is 64.2 Å². The Balaban J connectivity index is 1.93. The van der Waals surface area contributed by atoms with Gasteiger partial charge in [-0.3, -0.25) is 0 Å². The molecule has 2 aliphatic rings. The van der Waals surface area contributed by atoms with Crippen molar-refractivity contribution < 1.29 is 4.57 Å². The van der Waals surface area contributed by atoms with Gasteiger partial charge in [0, 0.05) is 5.92 Å². The first kappa shape index (κ1) is 12.6. The van der Waals surface area contributed by atoms with Crippen molar-refractivity contribution in [1.29, 1.82) is 0 Å². The maximum absolute atomic E-state index is 11.1. The molecule has 0 aromatic heterocycles. The lowest BCUT2D eigenvalue weighted by Gasteiger charge is -2.35. The SMILES string of the molecule is O=[PH+]CC(C1CCCCC1)C1CCCCC1. The summed E-state index contributed by atoms with van der Waals surface area (Å²) in [6, 6.07) is 0. The van der Waals surface area contributed by atoms with Crippen molar-refractivity contribution >= 4 is 8.46 Å². The van der Waals surface area contributed by atoms with Crippen LogP contribution in [-0.4, -0.2) is 6.16 Å². The summed E-state index contributed by atoms with van der Waals surface area (Å²) in [6.45, 7) is 0. The minimum atomic E-state index is -0.0632. The second-order valence-corrected chi connectivity index (χ2v) is 6.51. The summed E-state index contributed by atoms with van der Waals surface area (Å²) in [4.78, 5) is 0. The lowest BCUT2D eigenvalue weighted by molar-refractivity contribution is 0.162. The van der Waals surface area contributed by atoms with E-state index >= 15 is 0 Å². The second kappa shape index (κ2) is 6.74. The molecule has 0 radical (unpaired) electrons. The first-order valence-corrected chi connectivity index (χ1v) is 8.38. The monoisotopic (exact) mass is 241 g/mol. The number of hydrogen-bond acceptors (Lipinski definition) is 1. The summed E-state index contributed by atoms with van der Waals surface area (Å²) < 4.78 is 11.1. The van der Waals surface area contributed by atoms with Gasteiger partial charge in [-0.15, -0.1) is 0 Å². The summed E-state index contributed by atoms with van der Waals surface area (Å²) in [5, 5.41) is 0. The lowest BCUT2D eigenvalue weighted by Crippen LogP contribution is -2.28. The first-order valence-electron chi connectivity index (χ1n) is 7.27. The van der Waals surface area contributed by atoms with E-state index in [0.29, 0.717) is 0 Å². The van der Waals surface area contributed by atoms with Gasteiger partial charge in [-0.1, -0.05) is 68.8 Å². The fraction of sp³-hybridized carbons (Fsp3) is 1.00. The molecule has 92 valence electrons. The smallest absolute Gasteiger partial charge is 0.0775 e. The van der Waals surface area contributed by atoms with Crippen molar-refractivity contribution in [2.45, 2.75) is 64.2 Å². The van der Waals surface area contributed by atoms with E-state index in [1.807, 2.05) is 0 Å². The van der Waals surface area contributed by atoms with Crippen molar-refractivity contribution in [3.05, 3.63) is 0 Å². The van der Waals surface area contributed by atoms with E-state index in [4.69, 9.17) is 0 Å². The summed E-state index contributed by atoms with van der Waals surface area (Å²) in [7, 11) is -0.0632. The van der Waals surface area contributed by atoms with E-state index in [2.05, 4.69) is 0 Å². The molecular weight excluding hydrogens is 215 g/mol. The molecule has 0 bridgehead atoms. The van der Waals surface area contributed by atoms with Crippen molar-refractivity contribution in [2.75, 3.05) is 6.16 Å². The summed E-state index contributed by atoms with van der Waals surface area (Å²) in [5.74, 6) is 2.63. The predicted molar refractivity (Wildman–Crippen MR) is 70.5 cm³/mol. The summed E-state index contributed by atoms with van der Waals surface area (Å²) >= 11 is 0. The van der Waals surface area contributed by atoms with Gasteiger partial charge in [0.25, 0.3) is 0 Å². The zero-order valence-corrected chi connectivity index (χ0v) is 11.4. The first-order chi connectivity index (χ1) is 7.92. The summed E-state index contributed by atoms with van der Waals surface area (Å²) in [5.41, 5.74) is 0. The Morgan fingerprint density at radius 3 is 1.62 bits per heavy atom. The van der Waals surface area contributed by atoms with Gasteiger partial charge in [0.2, 0.25) is 0 Å². The van der Waals surface area contributed by atoms with Gasteiger partial charge in [-0.2, -0.15) is 0 Å². The molecule has 0 aliphatic heterocycles. The fourth-order valence-corrected chi connectivity index (χ4v) is 4.80. The quantitative estimate of drug-likeness (QED) is 0.647. The Kier molecular flexibility index (Phi) is 5.29. The highest BCUT2D eigenvalue weighted by Crippen LogP contribution is 2.41. The van der Waals surface area contributed by atoms with E-state index in [-0.39, 0.29) is 8.46 Å². The van der Waals surface area contributed by atoms with Crippen LogP contribution < -0.4 is 0 Å². The number of rotatable bonds is 4. The fourth-order valence-electron chi connectivity index (χ4n) is 3.94. The van der Waals surface area contributed by atoms with Crippen LogP contribution in [0.25, 0.3) is 0 Å². The molecule has 16 heavy (non-hydrogen) atoms. The average Bonchev–Trinajstić information content (AvgIpc) is 2.38. The number of hydrogen-bond donors (Lipinski definition) is 0. The van der Waals surface area contributed by atoms with Crippen LogP contribution in [0.5, 0.6) is 0 Å². The maximum Gasteiger partial charge on any atom is 0.325 e. The third-order valence-corrected chi connectivity index (χ3v) is 5.47. The van der Waals surface area contributed by atoms with Crippen LogP contribution >= 0.6 is 8.46 Å². The second-order valence-electron chi connectivity index (χ2n) is 5.81. The van der Waals surface area contributed by atoms with E-state index in [1.165, 1.54) is 64.2 Å². The highest BCUT2D eigenvalue weighted by Gasteiger charge is 2.33. The maximum atomic E-state index is 11.1. The standard InChI is InChI=1S/C14H25OP/c15-16-11-14(12-7-3-1-4-8-12)13-9-5-2-6-10-13/h12-14H,1-11H2/p+1. The van der Waals surface area contributed by atoms with Crippen molar-refractivity contribution in [2.24, 2.45) is 17.8 Å². The highest BCUT2D eigenvalue weighted by molar-refractivity contribution is 7.23. The molecule has 1 atom stereocenters. The minimum absolute atomic E-state index is 0.0632. The van der Waals surface area contributed by atoms with Crippen LogP contribution in [0, 0.1) is 17.8 Å². The average molecular weight is 241 g/mol. The topological polar surface area (TPSA) is 17.1 Å². The molecule has 0 N–H and O–H groups in total. The molecule has 2 fully saturated rings. The lowest BCUT2D eigenvalue weighted by atomic mass is 9.70. The van der Waals surface area contributed by atoms with E-state index < -0.39 is 0 Å². The van der Waals surface area contributed by atoms with E-state index in [1.54, 1.807) is 0 Å². The Labute approximate surface area is 102 Å². The van der Waals surface area contributed by atoms with Crippen LogP contribution in [0.3, 0.4) is 0 Å². The third-order valence-electron chi connectivity index (χ3n) is 4.83. The molecule has 1 nitrogen and oxygen atoms in total. The van der Waals surface area contributed by atoms with Crippen LogP contribution in [-0.2, 0) is 4.57 Å². The molecular formula is C14H26OP+. The molecule has 0 heterocycles. The molecule has 0 aromatic carbocycles. The zero-order chi connectivity index (χ0) is 11.2. The van der Waals surface area contributed by atoms with E-state index in [0.717, 1.165) is 23.9 Å². The normalized spacial score (nSPS) is 25.3. The molecule has 0 spiro atoms. The van der Waals surface area contributed by atoms with E-state index in [9.17, 15) is 4.57 Å². The van der Waals surface area contributed by atoms with Crippen molar-refractivity contribution in [3.63, 3.8) is 0 Å². The van der Waals surface area contributed by atoms with Gasteiger partial charge in [0.15, 0.2) is 0 Å².